The van der Waals surface area contributed by atoms with Crippen molar-refractivity contribution in [1.29, 1.82) is 0 Å². The lowest BCUT2D eigenvalue weighted by Crippen LogP contribution is -2.45. The third-order valence-corrected chi connectivity index (χ3v) is 5.32. The molecule has 1 atom stereocenters. The smallest absolute Gasteiger partial charge is 0.0472 e. The molecule has 1 unspecified atom stereocenters. The normalized spacial score (nSPS) is 21.7. The third kappa shape index (κ3) is 4.66. The summed E-state index contributed by atoms with van der Waals surface area (Å²) in [4.78, 5) is 2.54. The van der Waals surface area contributed by atoms with Gasteiger partial charge in [0.15, 0.2) is 0 Å². The Morgan fingerprint density at radius 2 is 2.06 bits per heavy atom. The summed E-state index contributed by atoms with van der Waals surface area (Å²) in [7, 11) is 2.27. The van der Waals surface area contributed by atoms with E-state index in [4.69, 9.17) is 4.74 Å². The van der Waals surface area contributed by atoms with Crippen LogP contribution in [0, 0.1) is 5.41 Å². The Bertz CT molecular complexity index is 208. The molecular formula is C13H27NOS2. The number of thioether (sulfide) groups is 1. The monoisotopic (exact) mass is 277 g/mol. The van der Waals surface area contributed by atoms with Crippen LogP contribution in [-0.4, -0.2) is 55.5 Å². The van der Waals surface area contributed by atoms with Gasteiger partial charge in [-0.05, 0) is 43.7 Å². The van der Waals surface area contributed by atoms with Crippen LogP contribution in [0.25, 0.3) is 0 Å². The van der Waals surface area contributed by atoms with Gasteiger partial charge in [0.2, 0.25) is 0 Å². The molecule has 1 rings (SSSR count). The van der Waals surface area contributed by atoms with Gasteiger partial charge in [0.25, 0.3) is 0 Å². The molecule has 0 saturated carbocycles. The highest BCUT2D eigenvalue weighted by Gasteiger charge is 2.33. The molecule has 0 radical (unpaired) electrons. The quantitative estimate of drug-likeness (QED) is 0.719. The molecule has 17 heavy (non-hydrogen) atoms. The first-order chi connectivity index (χ1) is 8.17. The minimum atomic E-state index is 0.377. The first-order valence-corrected chi connectivity index (χ1v) is 8.58. The maximum Gasteiger partial charge on any atom is 0.0472 e. The first-order valence-electron chi connectivity index (χ1n) is 6.55. The Morgan fingerprint density at radius 3 is 2.53 bits per heavy atom. The second kappa shape index (κ2) is 7.93. The summed E-state index contributed by atoms with van der Waals surface area (Å²) in [5.41, 5.74) is 0.377. The average Bonchev–Trinajstić information content (AvgIpc) is 2.36. The minimum absolute atomic E-state index is 0.377. The summed E-state index contributed by atoms with van der Waals surface area (Å²) >= 11 is 6.53. The van der Waals surface area contributed by atoms with Gasteiger partial charge >= 0.3 is 0 Å². The van der Waals surface area contributed by atoms with Crippen molar-refractivity contribution in [2.75, 3.05) is 44.6 Å². The lowest BCUT2D eigenvalue weighted by Gasteiger charge is -2.41. The molecular weight excluding hydrogens is 250 g/mol. The summed E-state index contributed by atoms with van der Waals surface area (Å²) in [5, 5.41) is 0. The number of hydrogen-bond donors (Lipinski definition) is 1. The fourth-order valence-corrected chi connectivity index (χ4v) is 3.87. The predicted molar refractivity (Wildman–Crippen MR) is 81.4 cm³/mol. The van der Waals surface area contributed by atoms with Crippen molar-refractivity contribution in [3.8, 4) is 0 Å². The van der Waals surface area contributed by atoms with Gasteiger partial charge in [0.1, 0.15) is 0 Å². The molecule has 0 amide bonds. The number of rotatable bonds is 7. The Balaban J connectivity index is 2.53. The van der Waals surface area contributed by atoms with E-state index in [1.165, 1.54) is 18.7 Å². The average molecular weight is 277 g/mol. The van der Waals surface area contributed by atoms with E-state index < -0.39 is 0 Å². The van der Waals surface area contributed by atoms with Crippen molar-refractivity contribution >= 4 is 24.4 Å². The molecule has 1 heterocycles. The van der Waals surface area contributed by atoms with Crippen molar-refractivity contribution in [3.05, 3.63) is 0 Å². The van der Waals surface area contributed by atoms with Crippen LogP contribution in [0.5, 0.6) is 0 Å². The van der Waals surface area contributed by atoms with E-state index in [0.29, 0.717) is 11.5 Å². The highest BCUT2D eigenvalue weighted by molar-refractivity contribution is 7.98. The molecule has 1 saturated heterocycles. The van der Waals surface area contributed by atoms with Crippen LogP contribution in [0.15, 0.2) is 0 Å². The molecule has 1 fully saturated rings. The Hall–Kier alpha value is 0.620. The fourth-order valence-electron chi connectivity index (χ4n) is 2.58. The van der Waals surface area contributed by atoms with Crippen LogP contribution in [0.4, 0.5) is 0 Å². The Morgan fingerprint density at radius 1 is 1.41 bits per heavy atom. The van der Waals surface area contributed by atoms with Gasteiger partial charge in [-0.25, -0.2) is 0 Å². The van der Waals surface area contributed by atoms with Crippen LogP contribution in [0.1, 0.15) is 26.2 Å². The van der Waals surface area contributed by atoms with Gasteiger partial charge in [0, 0.05) is 31.6 Å². The van der Waals surface area contributed by atoms with Gasteiger partial charge < -0.3 is 9.64 Å². The lowest BCUT2D eigenvalue weighted by atomic mass is 9.81. The molecule has 1 aliphatic rings. The van der Waals surface area contributed by atoms with E-state index >= 15 is 0 Å². The number of hydrogen-bond acceptors (Lipinski definition) is 4. The minimum Gasteiger partial charge on any atom is -0.381 e. The standard InChI is InChI=1S/C13H27NOS2/c1-4-12(9-17-3)14(2)10-13(11-16)5-7-15-8-6-13/h12,16H,4-11H2,1-3H3. The molecule has 102 valence electrons. The molecule has 2 nitrogen and oxygen atoms in total. The molecule has 0 aromatic rings. The van der Waals surface area contributed by atoms with Crippen LogP contribution < -0.4 is 0 Å². The van der Waals surface area contributed by atoms with Crippen LogP contribution in [0.3, 0.4) is 0 Å². The largest absolute Gasteiger partial charge is 0.381 e. The van der Waals surface area contributed by atoms with E-state index in [2.05, 4.69) is 37.8 Å². The maximum atomic E-state index is 5.49. The Kier molecular flexibility index (Phi) is 7.31. The maximum absolute atomic E-state index is 5.49. The third-order valence-electron chi connectivity index (χ3n) is 3.93. The van der Waals surface area contributed by atoms with Gasteiger partial charge in [-0.15, -0.1) is 0 Å². The predicted octanol–water partition coefficient (Wildman–Crippen LogP) is 2.79. The lowest BCUT2D eigenvalue weighted by molar-refractivity contribution is 0.00658. The molecule has 1 aliphatic heterocycles. The van der Waals surface area contributed by atoms with Crippen molar-refractivity contribution < 1.29 is 4.74 Å². The fraction of sp³-hybridized carbons (Fsp3) is 1.00. The highest BCUT2D eigenvalue weighted by atomic mass is 32.2. The molecule has 0 aromatic heterocycles. The van der Waals surface area contributed by atoms with Gasteiger partial charge in [0.05, 0.1) is 0 Å². The SMILES string of the molecule is CCC(CSC)N(C)CC1(CS)CCOCC1. The number of thiol groups is 1. The van der Waals surface area contributed by atoms with Gasteiger partial charge in [-0.2, -0.15) is 24.4 Å². The molecule has 0 spiro atoms. The van der Waals surface area contributed by atoms with Crippen molar-refractivity contribution in [3.63, 3.8) is 0 Å². The number of nitrogens with zero attached hydrogens (tertiary/aromatic N) is 1. The number of ether oxygens (including phenoxy) is 1. The summed E-state index contributed by atoms with van der Waals surface area (Å²) in [6.07, 6.45) is 5.75. The van der Waals surface area contributed by atoms with Crippen molar-refractivity contribution in [2.45, 2.75) is 32.2 Å². The van der Waals surface area contributed by atoms with Gasteiger partial charge in [-0.3, -0.25) is 0 Å². The second-order valence-corrected chi connectivity index (χ2v) is 6.43. The van der Waals surface area contributed by atoms with E-state index in [0.717, 1.165) is 31.8 Å². The second-order valence-electron chi connectivity index (χ2n) is 5.20. The van der Waals surface area contributed by atoms with Crippen LogP contribution >= 0.6 is 24.4 Å². The molecule has 0 aromatic carbocycles. The zero-order valence-corrected chi connectivity index (χ0v) is 13.2. The summed E-state index contributed by atoms with van der Waals surface area (Å²) in [5.74, 6) is 2.21. The van der Waals surface area contributed by atoms with E-state index in [1.54, 1.807) is 0 Å². The molecule has 0 aliphatic carbocycles. The van der Waals surface area contributed by atoms with E-state index in [1.807, 2.05) is 11.8 Å². The summed E-state index contributed by atoms with van der Waals surface area (Å²) in [6.45, 7) is 5.27. The van der Waals surface area contributed by atoms with E-state index in [9.17, 15) is 0 Å². The topological polar surface area (TPSA) is 12.5 Å². The summed E-state index contributed by atoms with van der Waals surface area (Å²) < 4.78 is 5.49. The zero-order chi connectivity index (χ0) is 12.7. The highest BCUT2D eigenvalue weighted by Crippen LogP contribution is 2.33. The molecule has 0 bridgehead atoms. The van der Waals surface area contributed by atoms with Crippen molar-refractivity contribution in [2.24, 2.45) is 5.41 Å². The first kappa shape index (κ1) is 15.7. The molecule has 4 heteroatoms. The van der Waals surface area contributed by atoms with Crippen LogP contribution in [0.2, 0.25) is 0 Å². The zero-order valence-electron chi connectivity index (χ0n) is 11.4. The van der Waals surface area contributed by atoms with Crippen molar-refractivity contribution in [1.82, 2.24) is 4.90 Å². The Labute approximate surface area is 116 Å². The van der Waals surface area contributed by atoms with Gasteiger partial charge in [-0.1, -0.05) is 6.92 Å². The van der Waals surface area contributed by atoms with E-state index in [-0.39, 0.29) is 0 Å². The van der Waals surface area contributed by atoms with Crippen LogP contribution in [-0.2, 0) is 4.74 Å². The molecule has 0 N–H and O–H groups in total. The summed E-state index contributed by atoms with van der Waals surface area (Å²) in [6, 6.07) is 0.699.